The molecule has 2 amide bonds. The van der Waals surface area contributed by atoms with Crippen LogP contribution < -0.4 is 9.47 Å². The number of thioether (sulfide) groups is 1. The molecular weight excluding hydrogens is 505 g/mol. The van der Waals surface area contributed by atoms with Crippen LogP contribution in [-0.4, -0.2) is 54.7 Å². The highest BCUT2D eigenvalue weighted by Crippen LogP contribution is 2.39. The van der Waals surface area contributed by atoms with Crippen LogP contribution in [0.1, 0.15) is 22.8 Å². The fourth-order valence-corrected chi connectivity index (χ4v) is 4.16. The number of ether oxygens (including phenoxy) is 3. The van der Waals surface area contributed by atoms with Gasteiger partial charge in [0.25, 0.3) is 11.1 Å². The number of carbonyl (C=O) groups is 4. The van der Waals surface area contributed by atoms with Crippen molar-refractivity contribution in [2.75, 3.05) is 26.9 Å². The highest BCUT2D eigenvalue weighted by atomic mass is 35.5. The predicted octanol–water partition coefficient (Wildman–Crippen LogP) is 4.86. The molecule has 2 aromatic carbocycles. The van der Waals surface area contributed by atoms with E-state index in [1.165, 1.54) is 31.4 Å². The molecule has 0 spiro atoms. The molecule has 8 nitrogen and oxygen atoms in total. The van der Waals surface area contributed by atoms with E-state index in [4.69, 9.17) is 32.7 Å². The monoisotopic (exact) mass is 523 g/mol. The number of rotatable bonds is 9. The van der Waals surface area contributed by atoms with Crippen molar-refractivity contribution in [1.29, 1.82) is 0 Å². The van der Waals surface area contributed by atoms with E-state index < -0.39 is 29.4 Å². The fraction of sp³-hybridized carbons (Fsp3) is 0.217. The van der Waals surface area contributed by atoms with Gasteiger partial charge in [0.15, 0.2) is 23.9 Å². The normalized spacial score (nSPS) is 14.5. The number of methoxy groups -OCH3 is 1. The standard InChI is InChI=1S/C23H19Cl2NO7S/c1-3-32-18-9-13(8-16(25)21(18)33-12-20(28)31-2)10-19-22(29)26(23(30)34-19)11-17(27)14-4-6-15(24)7-5-14/h4-10H,3,11-12H2,1-2H3/b19-10-. The van der Waals surface area contributed by atoms with Crippen LogP contribution in [0.2, 0.25) is 10.0 Å². The van der Waals surface area contributed by atoms with Crippen LogP contribution in [0.4, 0.5) is 4.79 Å². The molecule has 0 aliphatic carbocycles. The molecule has 0 unspecified atom stereocenters. The van der Waals surface area contributed by atoms with E-state index >= 15 is 0 Å². The first-order valence-electron chi connectivity index (χ1n) is 9.93. The quantitative estimate of drug-likeness (QED) is 0.261. The molecule has 0 aromatic heterocycles. The first-order valence-corrected chi connectivity index (χ1v) is 11.5. The van der Waals surface area contributed by atoms with Gasteiger partial charge in [0.05, 0.1) is 30.2 Å². The maximum atomic E-state index is 12.8. The minimum absolute atomic E-state index is 0.121. The zero-order chi connectivity index (χ0) is 24.8. The minimum Gasteiger partial charge on any atom is -0.490 e. The highest BCUT2D eigenvalue weighted by molar-refractivity contribution is 8.18. The average molecular weight is 524 g/mol. The molecule has 0 saturated carbocycles. The van der Waals surface area contributed by atoms with Crippen molar-refractivity contribution in [2.45, 2.75) is 6.92 Å². The molecule has 2 aromatic rings. The number of ketones is 1. The molecule has 0 N–H and O–H groups in total. The van der Waals surface area contributed by atoms with Gasteiger partial charge in [-0.15, -0.1) is 0 Å². The highest BCUT2D eigenvalue weighted by Gasteiger charge is 2.36. The van der Waals surface area contributed by atoms with Gasteiger partial charge >= 0.3 is 5.97 Å². The summed E-state index contributed by atoms with van der Waals surface area (Å²) in [6.45, 7) is 1.29. The Hall–Kier alpha value is -3.01. The first-order chi connectivity index (χ1) is 16.2. The van der Waals surface area contributed by atoms with E-state index in [2.05, 4.69) is 4.74 Å². The lowest BCUT2D eigenvalue weighted by Gasteiger charge is -2.14. The van der Waals surface area contributed by atoms with E-state index in [1.54, 1.807) is 25.1 Å². The summed E-state index contributed by atoms with van der Waals surface area (Å²) in [4.78, 5) is 50.1. The Bertz CT molecular complexity index is 1160. The van der Waals surface area contributed by atoms with Crippen LogP contribution in [0.15, 0.2) is 41.3 Å². The zero-order valence-electron chi connectivity index (χ0n) is 18.1. The molecular formula is C23H19Cl2NO7S. The largest absolute Gasteiger partial charge is 0.490 e. The number of hydrogen-bond acceptors (Lipinski definition) is 8. The Labute approximate surface area is 209 Å². The summed E-state index contributed by atoms with van der Waals surface area (Å²) in [6, 6.07) is 9.24. The van der Waals surface area contributed by atoms with Gasteiger partial charge in [-0.2, -0.15) is 0 Å². The van der Waals surface area contributed by atoms with Gasteiger partial charge in [0.1, 0.15) is 0 Å². The molecule has 1 heterocycles. The summed E-state index contributed by atoms with van der Waals surface area (Å²) in [5.74, 6) is -1.19. The van der Waals surface area contributed by atoms with Crippen molar-refractivity contribution in [1.82, 2.24) is 4.90 Å². The molecule has 3 rings (SSSR count). The van der Waals surface area contributed by atoms with Gasteiger partial charge < -0.3 is 14.2 Å². The second-order valence-corrected chi connectivity index (χ2v) is 8.66. The van der Waals surface area contributed by atoms with Gasteiger partial charge in [-0.25, -0.2) is 4.79 Å². The molecule has 1 aliphatic rings. The van der Waals surface area contributed by atoms with Gasteiger partial charge in [-0.1, -0.05) is 23.2 Å². The lowest BCUT2D eigenvalue weighted by Crippen LogP contribution is -2.33. The molecule has 0 radical (unpaired) electrons. The Morgan fingerprint density at radius 1 is 1.09 bits per heavy atom. The fourth-order valence-electron chi connectivity index (χ4n) is 2.92. The Balaban J connectivity index is 1.81. The second kappa shape index (κ2) is 11.4. The van der Waals surface area contributed by atoms with E-state index in [9.17, 15) is 19.2 Å². The molecule has 1 aliphatic heterocycles. The van der Waals surface area contributed by atoms with Crippen LogP contribution in [0, 0.1) is 0 Å². The van der Waals surface area contributed by atoms with Crippen molar-refractivity contribution >= 4 is 63.9 Å². The smallest absolute Gasteiger partial charge is 0.343 e. The number of halogens is 2. The molecule has 11 heteroatoms. The van der Waals surface area contributed by atoms with Crippen LogP contribution in [-0.2, 0) is 14.3 Å². The summed E-state index contributed by atoms with van der Waals surface area (Å²) in [5.41, 5.74) is 0.802. The predicted molar refractivity (Wildman–Crippen MR) is 129 cm³/mol. The van der Waals surface area contributed by atoms with Crippen molar-refractivity contribution in [3.63, 3.8) is 0 Å². The van der Waals surface area contributed by atoms with E-state index in [1.807, 2.05) is 0 Å². The van der Waals surface area contributed by atoms with Crippen molar-refractivity contribution in [3.05, 3.63) is 62.5 Å². The maximum Gasteiger partial charge on any atom is 0.343 e. The van der Waals surface area contributed by atoms with Crippen molar-refractivity contribution in [2.24, 2.45) is 0 Å². The number of nitrogens with zero attached hydrogens (tertiary/aromatic N) is 1. The third kappa shape index (κ3) is 6.11. The summed E-state index contributed by atoms with van der Waals surface area (Å²) in [7, 11) is 1.23. The Morgan fingerprint density at radius 3 is 2.44 bits per heavy atom. The Morgan fingerprint density at radius 2 is 1.79 bits per heavy atom. The lowest BCUT2D eigenvalue weighted by atomic mass is 10.1. The number of hydrogen-bond donors (Lipinski definition) is 0. The third-order valence-electron chi connectivity index (χ3n) is 4.53. The molecule has 178 valence electrons. The third-order valence-corrected chi connectivity index (χ3v) is 5.97. The molecule has 34 heavy (non-hydrogen) atoms. The van der Waals surface area contributed by atoms with Crippen LogP contribution in [0.5, 0.6) is 11.5 Å². The van der Waals surface area contributed by atoms with E-state index in [0.29, 0.717) is 27.9 Å². The minimum atomic E-state index is -0.600. The number of amides is 2. The van der Waals surface area contributed by atoms with Crippen LogP contribution in [0.3, 0.4) is 0 Å². The molecule has 0 atom stereocenters. The van der Waals surface area contributed by atoms with Gasteiger partial charge in [0, 0.05) is 10.6 Å². The second-order valence-electron chi connectivity index (χ2n) is 6.83. The number of benzene rings is 2. The molecule has 0 bridgehead atoms. The average Bonchev–Trinajstić information content (AvgIpc) is 3.06. The van der Waals surface area contributed by atoms with Gasteiger partial charge in [0.2, 0.25) is 0 Å². The van der Waals surface area contributed by atoms with Crippen LogP contribution >= 0.6 is 35.0 Å². The number of esters is 1. The van der Waals surface area contributed by atoms with E-state index in [0.717, 1.165) is 4.90 Å². The van der Waals surface area contributed by atoms with Crippen molar-refractivity contribution in [3.8, 4) is 11.5 Å². The molecule has 1 fully saturated rings. The summed E-state index contributed by atoms with van der Waals surface area (Å²) in [6.07, 6.45) is 1.47. The number of imide groups is 1. The summed E-state index contributed by atoms with van der Waals surface area (Å²) in [5, 5.41) is 0.0448. The first kappa shape index (κ1) is 25.6. The topological polar surface area (TPSA) is 99.2 Å². The summed E-state index contributed by atoms with van der Waals surface area (Å²) >= 11 is 12.9. The Kier molecular flexibility index (Phi) is 8.60. The molecule has 1 saturated heterocycles. The van der Waals surface area contributed by atoms with Crippen LogP contribution in [0.25, 0.3) is 6.08 Å². The zero-order valence-corrected chi connectivity index (χ0v) is 20.5. The van der Waals surface area contributed by atoms with Crippen molar-refractivity contribution < 1.29 is 33.4 Å². The lowest BCUT2D eigenvalue weighted by molar-refractivity contribution is -0.142. The van der Waals surface area contributed by atoms with E-state index in [-0.39, 0.29) is 34.6 Å². The van der Waals surface area contributed by atoms with Gasteiger partial charge in [-0.05, 0) is 66.7 Å². The van der Waals surface area contributed by atoms with Gasteiger partial charge in [-0.3, -0.25) is 19.3 Å². The summed E-state index contributed by atoms with van der Waals surface area (Å²) < 4.78 is 15.5. The number of Topliss-reactive ketones (excluding diaryl/α,β-unsaturated/α-hetero) is 1. The SMILES string of the molecule is CCOc1cc(/C=C2\SC(=O)N(CC(=O)c3ccc(Cl)cc3)C2=O)cc(Cl)c1OCC(=O)OC. The maximum absolute atomic E-state index is 12.8. The number of carbonyl (C=O) groups excluding carboxylic acids is 4.